The summed E-state index contributed by atoms with van der Waals surface area (Å²) < 4.78 is 7.67. The Kier molecular flexibility index (Phi) is 4.93. The number of ether oxygens (including phenoxy) is 1. The predicted molar refractivity (Wildman–Crippen MR) is 72.6 cm³/mol. The normalized spacial score (nSPS) is 22.8. The lowest BCUT2D eigenvalue weighted by atomic mass is 9.80. The summed E-state index contributed by atoms with van der Waals surface area (Å²) in [6, 6.07) is 0. The van der Waals surface area contributed by atoms with Crippen molar-refractivity contribution in [3.63, 3.8) is 0 Å². The standard InChI is InChI=1S/C14H25N3O2/c1-4-19-12-5-11(6-12)7-13-15-16-14(9-18)17(13)8-10(2)3/h10-12,18H,4-9H2,1-3H3. The van der Waals surface area contributed by atoms with Gasteiger partial charge in [0.1, 0.15) is 12.4 Å². The van der Waals surface area contributed by atoms with E-state index >= 15 is 0 Å². The van der Waals surface area contributed by atoms with Crippen molar-refractivity contribution in [2.75, 3.05) is 6.61 Å². The van der Waals surface area contributed by atoms with E-state index in [9.17, 15) is 5.11 Å². The first-order chi connectivity index (χ1) is 9.13. The van der Waals surface area contributed by atoms with E-state index in [1.165, 1.54) is 0 Å². The van der Waals surface area contributed by atoms with Crippen molar-refractivity contribution in [3.05, 3.63) is 11.6 Å². The van der Waals surface area contributed by atoms with Crippen molar-refractivity contribution in [2.24, 2.45) is 11.8 Å². The number of nitrogens with zero attached hydrogens (tertiary/aromatic N) is 3. The monoisotopic (exact) mass is 267 g/mol. The summed E-state index contributed by atoms with van der Waals surface area (Å²) in [6.45, 7) is 8.01. The molecular weight excluding hydrogens is 242 g/mol. The van der Waals surface area contributed by atoms with Crippen LogP contribution >= 0.6 is 0 Å². The highest BCUT2D eigenvalue weighted by atomic mass is 16.5. The molecule has 5 heteroatoms. The third kappa shape index (κ3) is 3.54. The van der Waals surface area contributed by atoms with Crippen LogP contribution in [0.5, 0.6) is 0 Å². The van der Waals surface area contributed by atoms with Gasteiger partial charge in [-0.25, -0.2) is 0 Å². The van der Waals surface area contributed by atoms with E-state index < -0.39 is 0 Å². The van der Waals surface area contributed by atoms with Gasteiger partial charge in [-0.15, -0.1) is 10.2 Å². The quantitative estimate of drug-likeness (QED) is 0.818. The maximum Gasteiger partial charge on any atom is 0.158 e. The molecule has 0 aromatic carbocycles. The predicted octanol–water partition coefficient (Wildman–Crippen LogP) is 1.78. The lowest BCUT2D eigenvalue weighted by Gasteiger charge is -2.34. The minimum atomic E-state index is -0.0358. The van der Waals surface area contributed by atoms with Gasteiger partial charge in [0.2, 0.25) is 0 Å². The molecule has 1 heterocycles. The summed E-state index contributed by atoms with van der Waals surface area (Å²) in [7, 11) is 0. The molecule has 1 saturated carbocycles. The Morgan fingerprint density at radius 2 is 2.00 bits per heavy atom. The largest absolute Gasteiger partial charge is 0.388 e. The smallest absolute Gasteiger partial charge is 0.158 e. The van der Waals surface area contributed by atoms with Crippen molar-refractivity contribution < 1.29 is 9.84 Å². The Labute approximate surface area is 115 Å². The number of aliphatic hydroxyl groups excluding tert-OH is 1. The van der Waals surface area contributed by atoms with Crippen LogP contribution in [0.1, 0.15) is 45.3 Å². The molecule has 108 valence electrons. The zero-order valence-electron chi connectivity index (χ0n) is 12.2. The zero-order valence-corrected chi connectivity index (χ0v) is 12.2. The minimum absolute atomic E-state index is 0.0358. The van der Waals surface area contributed by atoms with Gasteiger partial charge in [-0.1, -0.05) is 13.8 Å². The molecule has 0 atom stereocenters. The summed E-state index contributed by atoms with van der Waals surface area (Å²) >= 11 is 0. The summed E-state index contributed by atoms with van der Waals surface area (Å²) in [5, 5.41) is 17.6. The lowest BCUT2D eigenvalue weighted by molar-refractivity contribution is -0.0248. The average Bonchev–Trinajstić information content (AvgIpc) is 2.68. The Hall–Kier alpha value is -0.940. The minimum Gasteiger partial charge on any atom is -0.388 e. The lowest BCUT2D eigenvalue weighted by Crippen LogP contribution is -2.33. The van der Waals surface area contributed by atoms with E-state index in [0.717, 1.165) is 38.2 Å². The Morgan fingerprint density at radius 1 is 1.32 bits per heavy atom. The van der Waals surface area contributed by atoms with Crippen LogP contribution in [0.4, 0.5) is 0 Å². The maximum absolute atomic E-state index is 9.32. The van der Waals surface area contributed by atoms with Crippen LogP contribution in [0.15, 0.2) is 0 Å². The van der Waals surface area contributed by atoms with Gasteiger partial charge in [-0.3, -0.25) is 0 Å². The highest BCUT2D eigenvalue weighted by molar-refractivity contribution is 4.99. The van der Waals surface area contributed by atoms with Gasteiger partial charge in [0.15, 0.2) is 5.82 Å². The first-order valence-corrected chi connectivity index (χ1v) is 7.27. The molecule has 1 aromatic rings. The number of rotatable bonds is 7. The third-order valence-corrected chi connectivity index (χ3v) is 3.66. The Morgan fingerprint density at radius 3 is 2.58 bits per heavy atom. The van der Waals surface area contributed by atoms with Gasteiger partial charge in [-0.2, -0.15) is 0 Å². The van der Waals surface area contributed by atoms with E-state index in [1.807, 2.05) is 6.92 Å². The molecule has 0 spiro atoms. The van der Waals surface area contributed by atoms with Gasteiger partial charge in [0.25, 0.3) is 0 Å². The van der Waals surface area contributed by atoms with E-state index in [-0.39, 0.29) is 6.61 Å². The van der Waals surface area contributed by atoms with Gasteiger partial charge in [0.05, 0.1) is 6.10 Å². The van der Waals surface area contributed by atoms with Crippen molar-refractivity contribution in [1.82, 2.24) is 14.8 Å². The second kappa shape index (κ2) is 6.48. The highest BCUT2D eigenvalue weighted by Gasteiger charge is 2.31. The molecule has 1 aliphatic carbocycles. The molecule has 0 unspecified atom stereocenters. The van der Waals surface area contributed by atoms with Crippen LogP contribution in [0.3, 0.4) is 0 Å². The number of aliphatic hydroxyl groups is 1. The summed E-state index contributed by atoms with van der Waals surface area (Å²) in [6.07, 6.45) is 3.63. The van der Waals surface area contributed by atoms with Gasteiger partial charge < -0.3 is 14.4 Å². The molecule has 0 bridgehead atoms. The van der Waals surface area contributed by atoms with Crippen molar-refractivity contribution in [3.8, 4) is 0 Å². The maximum atomic E-state index is 9.32. The number of hydrogen-bond acceptors (Lipinski definition) is 4. The van der Waals surface area contributed by atoms with Gasteiger partial charge in [0, 0.05) is 19.6 Å². The molecule has 1 aliphatic rings. The average molecular weight is 267 g/mol. The number of aromatic nitrogens is 3. The van der Waals surface area contributed by atoms with E-state index in [4.69, 9.17) is 4.74 Å². The molecule has 19 heavy (non-hydrogen) atoms. The molecule has 5 nitrogen and oxygen atoms in total. The molecular formula is C14H25N3O2. The SMILES string of the molecule is CCOC1CC(Cc2nnc(CO)n2CC(C)C)C1. The van der Waals surface area contributed by atoms with E-state index in [2.05, 4.69) is 28.6 Å². The van der Waals surface area contributed by atoms with Crippen LogP contribution in [-0.4, -0.2) is 32.6 Å². The first-order valence-electron chi connectivity index (χ1n) is 7.27. The molecule has 2 rings (SSSR count). The molecule has 0 amide bonds. The van der Waals surface area contributed by atoms with Crippen LogP contribution in [0.25, 0.3) is 0 Å². The fraction of sp³-hybridized carbons (Fsp3) is 0.857. The van der Waals surface area contributed by atoms with Crippen LogP contribution in [-0.2, 0) is 24.3 Å². The van der Waals surface area contributed by atoms with Crippen LogP contribution in [0, 0.1) is 11.8 Å². The summed E-state index contributed by atoms with van der Waals surface area (Å²) in [4.78, 5) is 0. The molecule has 1 fully saturated rings. The van der Waals surface area contributed by atoms with Crippen molar-refractivity contribution in [2.45, 2.75) is 59.3 Å². The molecule has 1 aromatic heterocycles. The molecule has 0 radical (unpaired) electrons. The van der Waals surface area contributed by atoms with Gasteiger partial charge in [-0.05, 0) is 31.6 Å². The molecule has 0 saturated heterocycles. The topological polar surface area (TPSA) is 60.2 Å². The zero-order chi connectivity index (χ0) is 13.8. The van der Waals surface area contributed by atoms with Crippen LogP contribution in [0.2, 0.25) is 0 Å². The van der Waals surface area contributed by atoms with Crippen molar-refractivity contribution in [1.29, 1.82) is 0 Å². The Bertz CT molecular complexity index is 397. The highest BCUT2D eigenvalue weighted by Crippen LogP contribution is 2.32. The summed E-state index contributed by atoms with van der Waals surface area (Å²) in [5.41, 5.74) is 0. The fourth-order valence-corrected chi connectivity index (χ4v) is 2.69. The van der Waals surface area contributed by atoms with E-state index in [0.29, 0.717) is 23.8 Å². The van der Waals surface area contributed by atoms with Crippen LogP contribution < -0.4 is 0 Å². The first kappa shape index (κ1) is 14.5. The molecule has 0 aliphatic heterocycles. The third-order valence-electron chi connectivity index (χ3n) is 3.66. The number of hydrogen-bond donors (Lipinski definition) is 1. The van der Waals surface area contributed by atoms with Crippen molar-refractivity contribution >= 4 is 0 Å². The second-order valence-corrected chi connectivity index (χ2v) is 5.81. The second-order valence-electron chi connectivity index (χ2n) is 5.81. The molecule has 1 N–H and O–H groups in total. The van der Waals surface area contributed by atoms with Gasteiger partial charge >= 0.3 is 0 Å². The Balaban J connectivity index is 1.95. The fourth-order valence-electron chi connectivity index (χ4n) is 2.69. The van der Waals surface area contributed by atoms with E-state index in [1.54, 1.807) is 0 Å². The summed E-state index contributed by atoms with van der Waals surface area (Å²) in [5.74, 6) is 2.87.